The van der Waals surface area contributed by atoms with E-state index in [9.17, 15) is 14.4 Å². The Morgan fingerprint density at radius 3 is 2.47 bits per heavy atom. The summed E-state index contributed by atoms with van der Waals surface area (Å²) < 4.78 is 10.2. The summed E-state index contributed by atoms with van der Waals surface area (Å²) in [6, 6.07) is 14.1. The Morgan fingerprint density at radius 1 is 1.03 bits per heavy atom. The Kier molecular flexibility index (Phi) is 8.41. The van der Waals surface area contributed by atoms with Crippen molar-refractivity contribution in [2.75, 3.05) is 19.0 Å². The second-order valence-corrected chi connectivity index (χ2v) is 6.93. The van der Waals surface area contributed by atoms with Crippen LogP contribution in [0.25, 0.3) is 0 Å². The van der Waals surface area contributed by atoms with Crippen LogP contribution in [-0.2, 0) is 14.3 Å². The van der Waals surface area contributed by atoms with Crippen LogP contribution in [0.15, 0.2) is 48.5 Å². The van der Waals surface area contributed by atoms with Crippen molar-refractivity contribution >= 4 is 23.5 Å². The molecule has 0 aliphatic heterocycles. The van der Waals surface area contributed by atoms with Crippen molar-refractivity contribution in [2.45, 2.75) is 39.2 Å². The van der Waals surface area contributed by atoms with E-state index in [4.69, 9.17) is 9.47 Å². The fourth-order valence-corrected chi connectivity index (χ4v) is 2.81. The molecule has 2 atom stereocenters. The molecular weight excluding hydrogens is 384 g/mol. The number of benzene rings is 2. The third-order valence-corrected chi connectivity index (χ3v) is 4.76. The highest BCUT2D eigenvalue weighted by Gasteiger charge is 2.20. The van der Waals surface area contributed by atoms with Crippen molar-refractivity contribution in [3.63, 3.8) is 0 Å². The SMILES string of the molecule is CC[C@@H](C)c1ccccc1NC(=O)[C@@H](C)OC(=O)CNC(=O)c1cccc(OC)c1. The number of methoxy groups -OCH3 is 1. The van der Waals surface area contributed by atoms with Crippen LogP contribution in [0.3, 0.4) is 0 Å². The van der Waals surface area contributed by atoms with Gasteiger partial charge in [-0.15, -0.1) is 0 Å². The number of para-hydroxylation sites is 1. The Bertz CT molecular complexity index is 897. The summed E-state index contributed by atoms with van der Waals surface area (Å²) in [4.78, 5) is 36.7. The van der Waals surface area contributed by atoms with Crippen LogP contribution in [0.4, 0.5) is 5.69 Å². The molecule has 0 aliphatic rings. The van der Waals surface area contributed by atoms with Gasteiger partial charge in [0.15, 0.2) is 6.10 Å². The number of hydrogen-bond donors (Lipinski definition) is 2. The summed E-state index contributed by atoms with van der Waals surface area (Å²) in [6.07, 6.45) is -0.0686. The second kappa shape index (κ2) is 11.0. The quantitative estimate of drug-likeness (QED) is 0.615. The number of nitrogens with one attached hydrogen (secondary N) is 2. The first kappa shape index (κ1) is 22.9. The summed E-state index contributed by atoms with van der Waals surface area (Å²) >= 11 is 0. The molecule has 0 aromatic heterocycles. The van der Waals surface area contributed by atoms with E-state index in [0.29, 0.717) is 17.0 Å². The summed E-state index contributed by atoms with van der Waals surface area (Å²) in [5.41, 5.74) is 2.08. The second-order valence-electron chi connectivity index (χ2n) is 6.93. The number of ether oxygens (including phenoxy) is 2. The van der Waals surface area contributed by atoms with Gasteiger partial charge in [-0.1, -0.05) is 38.1 Å². The largest absolute Gasteiger partial charge is 0.497 e. The van der Waals surface area contributed by atoms with Gasteiger partial charge in [0.1, 0.15) is 12.3 Å². The van der Waals surface area contributed by atoms with Crippen LogP contribution in [-0.4, -0.2) is 37.5 Å². The summed E-state index contributed by atoms with van der Waals surface area (Å²) in [6.45, 7) is 5.30. The van der Waals surface area contributed by atoms with Gasteiger partial charge < -0.3 is 20.1 Å². The Balaban J connectivity index is 1.88. The molecule has 160 valence electrons. The monoisotopic (exact) mass is 412 g/mol. The summed E-state index contributed by atoms with van der Waals surface area (Å²) in [7, 11) is 1.50. The third kappa shape index (κ3) is 6.34. The zero-order valence-electron chi connectivity index (χ0n) is 17.7. The molecule has 0 saturated carbocycles. The van der Waals surface area contributed by atoms with E-state index in [1.54, 1.807) is 24.3 Å². The minimum absolute atomic E-state index is 0.283. The molecule has 7 heteroatoms. The van der Waals surface area contributed by atoms with Gasteiger partial charge in [-0.05, 0) is 49.1 Å². The highest BCUT2D eigenvalue weighted by atomic mass is 16.5. The number of amides is 2. The fourth-order valence-electron chi connectivity index (χ4n) is 2.81. The molecule has 2 N–H and O–H groups in total. The van der Waals surface area contributed by atoms with Crippen molar-refractivity contribution in [3.8, 4) is 5.75 Å². The van der Waals surface area contributed by atoms with Gasteiger partial charge in [-0.3, -0.25) is 14.4 Å². The van der Waals surface area contributed by atoms with Gasteiger partial charge >= 0.3 is 5.97 Å². The minimum atomic E-state index is -1.00. The number of carbonyl (C=O) groups excluding carboxylic acids is 3. The third-order valence-electron chi connectivity index (χ3n) is 4.76. The van der Waals surface area contributed by atoms with Gasteiger partial charge in [-0.2, -0.15) is 0 Å². The van der Waals surface area contributed by atoms with Gasteiger partial charge in [0.2, 0.25) is 0 Å². The lowest BCUT2D eigenvalue weighted by Gasteiger charge is -2.18. The standard InChI is InChI=1S/C23H28N2O5/c1-5-15(2)19-11-6-7-12-20(19)25-22(27)16(3)30-21(26)14-24-23(28)17-9-8-10-18(13-17)29-4/h6-13,15-16H,5,14H2,1-4H3,(H,24,28)(H,25,27)/t15-,16-/m1/s1. The first-order chi connectivity index (χ1) is 14.3. The van der Waals surface area contributed by atoms with Crippen LogP contribution >= 0.6 is 0 Å². The van der Waals surface area contributed by atoms with E-state index < -0.39 is 23.9 Å². The molecule has 2 aromatic rings. The predicted molar refractivity (Wildman–Crippen MR) is 115 cm³/mol. The zero-order chi connectivity index (χ0) is 22.1. The number of anilines is 1. The lowest BCUT2D eigenvalue weighted by molar-refractivity contribution is -0.152. The van der Waals surface area contributed by atoms with E-state index in [-0.39, 0.29) is 12.5 Å². The first-order valence-corrected chi connectivity index (χ1v) is 9.87. The van der Waals surface area contributed by atoms with E-state index >= 15 is 0 Å². The van der Waals surface area contributed by atoms with Crippen LogP contribution in [0.1, 0.15) is 49.0 Å². The highest BCUT2D eigenvalue weighted by molar-refractivity contribution is 5.97. The van der Waals surface area contributed by atoms with Crippen LogP contribution < -0.4 is 15.4 Å². The van der Waals surface area contributed by atoms with E-state index in [1.807, 2.05) is 24.3 Å². The Hall–Kier alpha value is -3.35. The molecule has 0 radical (unpaired) electrons. The molecule has 2 rings (SSSR count). The molecule has 0 bridgehead atoms. The van der Waals surface area contributed by atoms with Gasteiger partial charge in [0.25, 0.3) is 11.8 Å². The smallest absolute Gasteiger partial charge is 0.326 e. The van der Waals surface area contributed by atoms with Crippen molar-refractivity contribution < 1.29 is 23.9 Å². The van der Waals surface area contributed by atoms with Crippen LogP contribution in [0, 0.1) is 0 Å². The normalized spacial score (nSPS) is 12.4. The van der Waals surface area contributed by atoms with Crippen molar-refractivity contribution in [3.05, 3.63) is 59.7 Å². The summed E-state index contributed by atoms with van der Waals surface area (Å²) in [5.74, 6) is -0.757. The topological polar surface area (TPSA) is 93.7 Å². The number of carbonyl (C=O) groups is 3. The van der Waals surface area contributed by atoms with Gasteiger partial charge in [0.05, 0.1) is 7.11 Å². The molecule has 2 amide bonds. The average molecular weight is 412 g/mol. The maximum absolute atomic E-state index is 12.5. The molecule has 0 saturated heterocycles. The zero-order valence-corrected chi connectivity index (χ0v) is 17.7. The molecule has 0 fully saturated rings. The Morgan fingerprint density at radius 2 is 1.77 bits per heavy atom. The number of rotatable bonds is 9. The first-order valence-electron chi connectivity index (χ1n) is 9.87. The molecule has 7 nitrogen and oxygen atoms in total. The molecule has 30 heavy (non-hydrogen) atoms. The van der Waals surface area contributed by atoms with Gasteiger partial charge in [0, 0.05) is 11.3 Å². The predicted octanol–water partition coefficient (Wildman–Crippen LogP) is 3.51. The van der Waals surface area contributed by atoms with Gasteiger partial charge in [-0.25, -0.2) is 0 Å². The lowest BCUT2D eigenvalue weighted by atomic mass is 9.97. The number of hydrogen-bond acceptors (Lipinski definition) is 5. The molecule has 0 heterocycles. The molecular formula is C23H28N2O5. The van der Waals surface area contributed by atoms with Crippen LogP contribution in [0.5, 0.6) is 5.75 Å². The summed E-state index contributed by atoms with van der Waals surface area (Å²) in [5, 5.41) is 5.29. The maximum Gasteiger partial charge on any atom is 0.326 e. The Labute approximate surface area is 176 Å². The number of esters is 1. The minimum Gasteiger partial charge on any atom is -0.497 e. The maximum atomic E-state index is 12.5. The molecule has 0 aliphatic carbocycles. The van der Waals surface area contributed by atoms with Crippen molar-refractivity contribution in [2.24, 2.45) is 0 Å². The fraction of sp³-hybridized carbons (Fsp3) is 0.348. The highest BCUT2D eigenvalue weighted by Crippen LogP contribution is 2.26. The van der Waals surface area contributed by atoms with Crippen LogP contribution in [0.2, 0.25) is 0 Å². The lowest BCUT2D eigenvalue weighted by Crippen LogP contribution is -2.36. The molecule has 0 unspecified atom stereocenters. The molecule has 2 aromatic carbocycles. The van der Waals surface area contributed by atoms with E-state index in [1.165, 1.54) is 14.0 Å². The van der Waals surface area contributed by atoms with Crippen molar-refractivity contribution in [1.82, 2.24) is 5.32 Å². The van der Waals surface area contributed by atoms with E-state index in [0.717, 1.165) is 12.0 Å². The average Bonchev–Trinajstić information content (AvgIpc) is 2.77. The van der Waals surface area contributed by atoms with E-state index in [2.05, 4.69) is 24.5 Å². The van der Waals surface area contributed by atoms with Crippen molar-refractivity contribution in [1.29, 1.82) is 0 Å². The molecule has 0 spiro atoms.